The molecular weight excluding hydrogens is 396 g/mol. The van der Waals surface area contributed by atoms with E-state index in [9.17, 15) is 4.79 Å². The molecule has 0 heterocycles. The Morgan fingerprint density at radius 2 is 1.34 bits per heavy atom. The van der Waals surface area contributed by atoms with Gasteiger partial charge in [0.1, 0.15) is 18.3 Å². The summed E-state index contributed by atoms with van der Waals surface area (Å²) in [5.74, 6) is 0.630. The first-order valence-corrected chi connectivity index (χ1v) is 10.7. The van der Waals surface area contributed by atoms with Gasteiger partial charge in [0.25, 0.3) is 5.91 Å². The zero-order valence-corrected chi connectivity index (χ0v) is 18.1. The fraction of sp³-hybridized carbons (Fsp3) is 0.107. The van der Waals surface area contributed by atoms with Crippen LogP contribution >= 0.6 is 0 Å². The highest BCUT2D eigenvalue weighted by Gasteiger charge is 2.17. The van der Waals surface area contributed by atoms with Gasteiger partial charge in [0.15, 0.2) is 0 Å². The molecule has 0 bridgehead atoms. The summed E-state index contributed by atoms with van der Waals surface area (Å²) in [4.78, 5) is 12.6. The van der Waals surface area contributed by atoms with Gasteiger partial charge in [-0.25, -0.2) is 0 Å². The minimum atomic E-state index is -0.128. The molecule has 0 aliphatic carbocycles. The lowest BCUT2D eigenvalue weighted by Crippen LogP contribution is -2.83. The number of hydrogen-bond acceptors (Lipinski definition) is 2. The molecule has 0 fully saturated rings. The Bertz CT molecular complexity index is 1090. The lowest BCUT2D eigenvalue weighted by atomic mass is 9.98. The average Bonchev–Trinajstić information content (AvgIpc) is 2.86. The second kappa shape index (κ2) is 10.4. The van der Waals surface area contributed by atoms with Crippen LogP contribution in [0.15, 0.2) is 109 Å². The van der Waals surface area contributed by atoms with Gasteiger partial charge < -0.3 is 15.4 Å². The molecule has 0 radical (unpaired) electrons. The predicted molar refractivity (Wildman–Crippen MR) is 128 cm³/mol. The van der Waals surface area contributed by atoms with Gasteiger partial charge in [0.2, 0.25) is 0 Å². The predicted octanol–water partition coefficient (Wildman–Crippen LogP) is 4.80. The lowest BCUT2D eigenvalue weighted by Gasteiger charge is -2.17. The first-order chi connectivity index (χ1) is 15.7. The first-order valence-electron chi connectivity index (χ1n) is 10.7. The van der Waals surface area contributed by atoms with Gasteiger partial charge >= 0.3 is 0 Å². The van der Waals surface area contributed by atoms with Gasteiger partial charge in [-0.2, -0.15) is 0 Å². The molecule has 4 aromatic carbocycles. The fourth-order valence-electron chi connectivity index (χ4n) is 3.71. The topological polar surface area (TPSA) is 54.9 Å². The Morgan fingerprint density at radius 3 is 1.88 bits per heavy atom. The van der Waals surface area contributed by atoms with Crippen molar-refractivity contribution in [2.75, 3.05) is 12.4 Å². The van der Waals surface area contributed by atoms with Crippen molar-refractivity contribution < 1.29 is 14.8 Å². The van der Waals surface area contributed by atoms with Crippen molar-refractivity contribution in [3.05, 3.63) is 131 Å². The van der Waals surface area contributed by atoms with E-state index in [2.05, 4.69) is 59.2 Å². The summed E-state index contributed by atoms with van der Waals surface area (Å²) < 4.78 is 5.15. The van der Waals surface area contributed by atoms with Crippen LogP contribution in [0.1, 0.15) is 33.1 Å². The van der Waals surface area contributed by atoms with Gasteiger partial charge in [-0.3, -0.25) is 4.79 Å². The van der Waals surface area contributed by atoms with E-state index in [0.717, 1.165) is 18.0 Å². The molecule has 0 aliphatic heterocycles. The Balaban J connectivity index is 1.41. The first kappa shape index (κ1) is 21.3. The molecule has 0 atom stereocenters. The second-order valence-corrected chi connectivity index (χ2v) is 7.62. The zero-order valence-electron chi connectivity index (χ0n) is 18.1. The van der Waals surface area contributed by atoms with Gasteiger partial charge in [-0.15, -0.1) is 0 Å². The SMILES string of the molecule is COc1ccc(NC(=O)c2ccc(C[NH2+]C(c3ccccc3)c3ccccc3)cc2)cc1. The molecule has 4 aromatic rings. The number of carbonyl (C=O) groups is 1. The number of benzene rings is 4. The van der Waals surface area contributed by atoms with Crippen LogP contribution in [0.2, 0.25) is 0 Å². The van der Waals surface area contributed by atoms with E-state index in [1.807, 2.05) is 60.7 Å². The number of nitrogens with one attached hydrogen (secondary N) is 1. The third-order valence-electron chi connectivity index (χ3n) is 5.47. The quantitative estimate of drug-likeness (QED) is 0.428. The molecule has 0 aliphatic rings. The zero-order chi connectivity index (χ0) is 22.2. The van der Waals surface area contributed by atoms with Gasteiger partial charge in [0, 0.05) is 27.9 Å². The summed E-state index contributed by atoms with van der Waals surface area (Å²) >= 11 is 0. The highest BCUT2D eigenvalue weighted by molar-refractivity contribution is 6.04. The summed E-state index contributed by atoms with van der Waals surface area (Å²) in [7, 11) is 1.62. The Hall–Kier alpha value is -3.89. The summed E-state index contributed by atoms with van der Waals surface area (Å²) in [6, 6.07) is 36.4. The van der Waals surface area contributed by atoms with E-state index in [-0.39, 0.29) is 11.9 Å². The van der Waals surface area contributed by atoms with Crippen LogP contribution in [0.25, 0.3) is 0 Å². The van der Waals surface area contributed by atoms with Gasteiger partial charge in [-0.1, -0.05) is 72.8 Å². The molecule has 32 heavy (non-hydrogen) atoms. The van der Waals surface area contributed by atoms with Crippen molar-refractivity contribution in [3.63, 3.8) is 0 Å². The minimum Gasteiger partial charge on any atom is -0.497 e. The molecule has 0 saturated carbocycles. The molecule has 160 valence electrons. The third-order valence-corrected chi connectivity index (χ3v) is 5.47. The number of anilines is 1. The van der Waals surface area contributed by atoms with Crippen LogP contribution in [0.5, 0.6) is 5.75 Å². The Labute approximate surface area is 188 Å². The van der Waals surface area contributed by atoms with E-state index >= 15 is 0 Å². The van der Waals surface area contributed by atoms with Crippen LogP contribution in [0.3, 0.4) is 0 Å². The summed E-state index contributed by atoms with van der Waals surface area (Å²) in [5.41, 5.74) is 5.08. The number of amides is 1. The maximum atomic E-state index is 12.6. The molecule has 4 nitrogen and oxygen atoms in total. The number of methoxy groups -OCH3 is 1. The fourth-order valence-corrected chi connectivity index (χ4v) is 3.71. The van der Waals surface area contributed by atoms with Crippen LogP contribution in [0, 0.1) is 0 Å². The summed E-state index contributed by atoms with van der Waals surface area (Å²) in [6.07, 6.45) is 0. The highest BCUT2D eigenvalue weighted by atomic mass is 16.5. The largest absolute Gasteiger partial charge is 0.497 e. The molecule has 0 aromatic heterocycles. The minimum absolute atomic E-state index is 0.128. The summed E-state index contributed by atoms with van der Waals surface area (Å²) in [5, 5.41) is 5.25. The smallest absolute Gasteiger partial charge is 0.255 e. The highest BCUT2D eigenvalue weighted by Crippen LogP contribution is 2.19. The van der Waals surface area contributed by atoms with E-state index in [1.165, 1.54) is 16.7 Å². The van der Waals surface area contributed by atoms with Crippen LogP contribution in [-0.4, -0.2) is 13.0 Å². The van der Waals surface area contributed by atoms with E-state index in [0.29, 0.717) is 5.56 Å². The molecular formula is C28H27N2O2+. The van der Waals surface area contributed by atoms with Crippen LogP contribution in [0.4, 0.5) is 5.69 Å². The number of nitrogens with two attached hydrogens (primary N) is 1. The lowest BCUT2D eigenvalue weighted by molar-refractivity contribution is -0.702. The van der Waals surface area contributed by atoms with E-state index < -0.39 is 0 Å². The standard InChI is InChI=1S/C28H26N2O2/c1-32-26-18-16-25(17-19-26)30-28(31)24-14-12-21(13-15-24)20-29-27(22-8-4-2-5-9-22)23-10-6-3-7-11-23/h2-19,27,29H,20H2,1H3,(H,30,31)/p+1. The average molecular weight is 424 g/mol. The van der Waals surface area contributed by atoms with Crippen molar-refractivity contribution in [3.8, 4) is 5.75 Å². The Kier molecular flexibility index (Phi) is 6.95. The normalized spacial score (nSPS) is 10.7. The number of quaternary nitrogens is 1. The molecule has 0 saturated heterocycles. The number of ether oxygens (including phenoxy) is 1. The monoisotopic (exact) mass is 423 g/mol. The maximum absolute atomic E-state index is 12.6. The third kappa shape index (κ3) is 5.42. The van der Waals surface area contributed by atoms with E-state index in [1.54, 1.807) is 7.11 Å². The van der Waals surface area contributed by atoms with Crippen LogP contribution < -0.4 is 15.4 Å². The Morgan fingerprint density at radius 1 is 0.781 bits per heavy atom. The number of rotatable bonds is 8. The molecule has 0 unspecified atom stereocenters. The van der Waals surface area contributed by atoms with Crippen molar-refractivity contribution in [2.24, 2.45) is 0 Å². The van der Waals surface area contributed by atoms with Gasteiger partial charge in [-0.05, 0) is 36.4 Å². The molecule has 1 amide bonds. The van der Waals surface area contributed by atoms with E-state index in [4.69, 9.17) is 4.74 Å². The number of hydrogen-bond donors (Lipinski definition) is 2. The van der Waals surface area contributed by atoms with Crippen molar-refractivity contribution in [1.29, 1.82) is 0 Å². The summed E-state index contributed by atoms with van der Waals surface area (Å²) in [6.45, 7) is 0.814. The van der Waals surface area contributed by atoms with Crippen molar-refractivity contribution in [1.82, 2.24) is 0 Å². The molecule has 4 heteroatoms. The van der Waals surface area contributed by atoms with Crippen LogP contribution in [-0.2, 0) is 6.54 Å². The number of carbonyl (C=O) groups excluding carboxylic acids is 1. The molecule has 0 spiro atoms. The van der Waals surface area contributed by atoms with Crippen molar-refractivity contribution in [2.45, 2.75) is 12.6 Å². The second-order valence-electron chi connectivity index (χ2n) is 7.62. The van der Waals surface area contributed by atoms with Gasteiger partial charge in [0.05, 0.1) is 7.11 Å². The maximum Gasteiger partial charge on any atom is 0.255 e. The molecule has 3 N–H and O–H groups in total. The van der Waals surface area contributed by atoms with Crippen molar-refractivity contribution >= 4 is 11.6 Å². The molecule has 4 rings (SSSR count).